The van der Waals surface area contributed by atoms with Gasteiger partial charge in [0.1, 0.15) is 0 Å². The molecule has 2 aromatic rings. The number of carbonyl (C=O) groups excluding carboxylic acids is 2. The maximum absolute atomic E-state index is 12.6. The van der Waals surface area contributed by atoms with Gasteiger partial charge >= 0.3 is 0 Å². The lowest BCUT2D eigenvalue weighted by Gasteiger charge is -2.37. The van der Waals surface area contributed by atoms with Crippen molar-refractivity contribution in [2.75, 3.05) is 20.1 Å². The highest BCUT2D eigenvalue weighted by molar-refractivity contribution is 5.88. The highest BCUT2D eigenvalue weighted by Gasteiger charge is 2.33. The lowest BCUT2D eigenvalue weighted by molar-refractivity contribution is -0.139. The summed E-state index contributed by atoms with van der Waals surface area (Å²) in [6, 6.07) is 9.21. The fourth-order valence-corrected chi connectivity index (χ4v) is 3.19. The molecule has 0 radical (unpaired) electrons. The Hall–Kier alpha value is -2.74. The van der Waals surface area contributed by atoms with Gasteiger partial charge in [-0.2, -0.15) is 0 Å². The van der Waals surface area contributed by atoms with E-state index in [0.29, 0.717) is 18.3 Å². The molecule has 0 bridgehead atoms. The van der Waals surface area contributed by atoms with Crippen molar-refractivity contribution in [1.29, 1.82) is 0 Å². The van der Waals surface area contributed by atoms with Crippen LogP contribution in [0.3, 0.4) is 0 Å². The second kappa shape index (κ2) is 8.30. The number of hydrogen-bond acceptors (Lipinski definition) is 6. The van der Waals surface area contributed by atoms with E-state index in [2.05, 4.69) is 20.4 Å². The van der Waals surface area contributed by atoms with Crippen LogP contribution in [0.5, 0.6) is 0 Å². The molecule has 1 fully saturated rings. The van der Waals surface area contributed by atoms with E-state index in [-0.39, 0.29) is 30.8 Å². The van der Waals surface area contributed by atoms with Crippen molar-refractivity contribution in [2.24, 2.45) is 0 Å². The SMILES string of the molecule is CC(C)N1CCNC(=O)C1CC(=O)N(C)Cc1nnc(-c2ccccc2)o1. The van der Waals surface area contributed by atoms with Crippen LogP contribution in [0, 0.1) is 0 Å². The average molecular weight is 371 g/mol. The fraction of sp³-hybridized carbons (Fsp3) is 0.474. The summed E-state index contributed by atoms with van der Waals surface area (Å²) in [7, 11) is 1.68. The quantitative estimate of drug-likeness (QED) is 0.823. The van der Waals surface area contributed by atoms with E-state index in [1.54, 1.807) is 7.05 Å². The highest BCUT2D eigenvalue weighted by atomic mass is 16.4. The van der Waals surface area contributed by atoms with Crippen LogP contribution in [-0.4, -0.2) is 64.0 Å². The number of nitrogens with zero attached hydrogens (tertiary/aromatic N) is 4. The average Bonchev–Trinajstić information content (AvgIpc) is 3.12. The second-order valence-corrected chi connectivity index (χ2v) is 6.96. The minimum Gasteiger partial charge on any atom is -0.419 e. The van der Waals surface area contributed by atoms with Crippen molar-refractivity contribution in [3.63, 3.8) is 0 Å². The highest BCUT2D eigenvalue weighted by Crippen LogP contribution is 2.18. The van der Waals surface area contributed by atoms with E-state index < -0.39 is 6.04 Å². The Morgan fingerprint density at radius 1 is 1.33 bits per heavy atom. The third kappa shape index (κ3) is 4.51. The van der Waals surface area contributed by atoms with Crippen LogP contribution >= 0.6 is 0 Å². The van der Waals surface area contributed by atoms with Crippen LogP contribution in [0.25, 0.3) is 11.5 Å². The van der Waals surface area contributed by atoms with E-state index in [1.165, 1.54) is 4.90 Å². The second-order valence-electron chi connectivity index (χ2n) is 6.96. The molecule has 2 amide bonds. The number of piperazine rings is 1. The Bertz CT molecular complexity index is 790. The van der Waals surface area contributed by atoms with E-state index in [1.807, 2.05) is 44.2 Å². The maximum atomic E-state index is 12.6. The Labute approximate surface area is 158 Å². The molecule has 3 rings (SSSR count). The maximum Gasteiger partial charge on any atom is 0.247 e. The largest absolute Gasteiger partial charge is 0.419 e. The van der Waals surface area contributed by atoms with Crippen molar-refractivity contribution in [3.05, 3.63) is 36.2 Å². The molecule has 1 aliphatic heterocycles. The molecule has 0 saturated carbocycles. The summed E-state index contributed by atoms with van der Waals surface area (Å²) in [6.07, 6.45) is 0.125. The molecule has 1 aliphatic rings. The summed E-state index contributed by atoms with van der Waals surface area (Å²) in [5.41, 5.74) is 0.830. The van der Waals surface area contributed by atoms with Crippen LogP contribution in [0.1, 0.15) is 26.2 Å². The van der Waals surface area contributed by atoms with Crippen molar-refractivity contribution < 1.29 is 14.0 Å². The molecule has 0 spiro atoms. The molecule has 27 heavy (non-hydrogen) atoms. The van der Waals surface area contributed by atoms with Crippen LogP contribution in [-0.2, 0) is 16.1 Å². The number of rotatable bonds is 6. The summed E-state index contributed by atoms with van der Waals surface area (Å²) in [4.78, 5) is 28.4. The van der Waals surface area contributed by atoms with Gasteiger partial charge in [-0.1, -0.05) is 18.2 Å². The molecule has 8 heteroatoms. The third-order valence-corrected chi connectivity index (χ3v) is 4.69. The molecule has 8 nitrogen and oxygen atoms in total. The predicted molar refractivity (Wildman–Crippen MR) is 99.5 cm³/mol. The first-order valence-electron chi connectivity index (χ1n) is 9.11. The van der Waals surface area contributed by atoms with Crippen LogP contribution in [0.4, 0.5) is 0 Å². The smallest absolute Gasteiger partial charge is 0.247 e. The van der Waals surface area contributed by atoms with Gasteiger partial charge in [-0.15, -0.1) is 10.2 Å². The Kier molecular flexibility index (Phi) is 5.85. The first kappa shape index (κ1) is 19.0. The van der Waals surface area contributed by atoms with Gasteiger partial charge in [-0.25, -0.2) is 0 Å². The Balaban J connectivity index is 1.62. The first-order valence-corrected chi connectivity index (χ1v) is 9.11. The van der Waals surface area contributed by atoms with E-state index in [4.69, 9.17) is 4.42 Å². The molecule has 144 valence electrons. The predicted octanol–water partition coefficient (Wildman–Crippen LogP) is 1.29. The van der Waals surface area contributed by atoms with Crippen molar-refractivity contribution >= 4 is 11.8 Å². The molecule has 2 heterocycles. The van der Waals surface area contributed by atoms with Crippen molar-refractivity contribution in [3.8, 4) is 11.5 Å². The van der Waals surface area contributed by atoms with Crippen molar-refractivity contribution in [1.82, 2.24) is 25.3 Å². The van der Waals surface area contributed by atoms with E-state index in [0.717, 1.165) is 12.1 Å². The van der Waals surface area contributed by atoms with Gasteiger partial charge in [-0.05, 0) is 26.0 Å². The summed E-state index contributed by atoms with van der Waals surface area (Å²) in [6.45, 7) is 5.62. The molecule has 1 atom stereocenters. The number of hydrogen-bond donors (Lipinski definition) is 1. The van der Waals surface area contributed by atoms with Crippen LogP contribution in [0.15, 0.2) is 34.7 Å². The van der Waals surface area contributed by atoms with Crippen LogP contribution < -0.4 is 5.32 Å². The van der Waals surface area contributed by atoms with E-state index in [9.17, 15) is 9.59 Å². The standard InChI is InChI=1S/C19H25N5O3/c1-13(2)24-10-9-20-18(26)15(24)11-17(25)23(3)12-16-21-22-19(27-16)14-7-5-4-6-8-14/h4-8,13,15H,9-12H2,1-3H3,(H,20,26). The molecule has 1 aromatic heterocycles. The molecule has 1 aromatic carbocycles. The Morgan fingerprint density at radius 2 is 2.07 bits per heavy atom. The molecular weight excluding hydrogens is 346 g/mol. The minimum absolute atomic E-state index is 0.0964. The molecule has 1 unspecified atom stereocenters. The van der Waals surface area contributed by atoms with Crippen LogP contribution in [0.2, 0.25) is 0 Å². The summed E-state index contributed by atoms with van der Waals surface area (Å²) in [5.74, 6) is 0.547. The summed E-state index contributed by atoms with van der Waals surface area (Å²) < 4.78 is 5.66. The van der Waals surface area contributed by atoms with Gasteiger partial charge in [0, 0.05) is 31.7 Å². The fourth-order valence-electron chi connectivity index (χ4n) is 3.19. The number of aromatic nitrogens is 2. The lowest BCUT2D eigenvalue weighted by atomic mass is 10.1. The molecular formula is C19H25N5O3. The number of nitrogens with one attached hydrogen (secondary N) is 1. The summed E-state index contributed by atoms with van der Waals surface area (Å²) in [5, 5.41) is 10.9. The zero-order valence-electron chi connectivity index (χ0n) is 15.9. The van der Waals surface area contributed by atoms with E-state index >= 15 is 0 Å². The summed E-state index contributed by atoms with van der Waals surface area (Å²) >= 11 is 0. The lowest BCUT2D eigenvalue weighted by Crippen LogP contribution is -2.58. The number of carbonyl (C=O) groups is 2. The first-order chi connectivity index (χ1) is 13.0. The topological polar surface area (TPSA) is 91.6 Å². The zero-order chi connectivity index (χ0) is 19.4. The van der Waals surface area contributed by atoms with Gasteiger partial charge < -0.3 is 14.6 Å². The third-order valence-electron chi connectivity index (χ3n) is 4.69. The number of amides is 2. The number of benzene rings is 1. The van der Waals surface area contributed by atoms with Gasteiger partial charge in [0.15, 0.2) is 0 Å². The molecule has 0 aliphatic carbocycles. The molecule has 1 N–H and O–H groups in total. The van der Waals surface area contributed by atoms with Gasteiger partial charge in [0.05, 0.1) is 19.0 Å². The minimum atomic E-state index is -0.448. The monoisotopic (exact) mass is 371 g/mol. The normalized spacial score (nSPS) is 17.8. The van der Waals surface area contributed by atoms with Gasteiger partial charge in [-0.3, -0.25) is 14.5 Å². The molecule has 1 saturated heterocycles. The van der Waals surface area contributed by atoms with Gasteiger partial charge in [0.2, 0.25) is 23.6 Å². The zero-order valence-corrected chi connectivity index (χ0v) is 15.9. The Morgan fingerprint density at radius 3 is 2.78 bits per heavy atom. The van der Waals surface area contributed by atoms with Crippen molar-refractivity contribution in [2.45, 2.75) is 38.9 Å². The van der Waals surface area contributed by atoms with Gasteiger partial charge in [0.25, 0.3) is 0 Å².